The van der Waals surface area contributed by atoms with Crippen molar-refractivity contribution in [1.82, 2.24) is 15.2 Å². The summed E-state index contributed by atoms with van der Waals surface area (Å²) in [6.07, 6.45) is 3.70. The van der Waals surface area contributed by atoms with Gasteiger partial charge in [-0.25, -0.2) is 4.79 Å². The Kier molecular flexibility index (Phi) is 4.60. The summed E-state index contributed by atoms with van der Waals surface area (Å²) in [6, 6.07) is 3.71. The Labute approximate surface area is 120 Å². The Bertz CT molecular complexity index is 445. The van der Waals surface area contributed by atoms with E-state index in [1.165, 1.54) is 12.8 Å². The Balaban J connectivity index is 1.86. The summed E-state index contributed by atoms with van der Waals surface area (Å²) in [5.74, 6) is 0.469. The molecule has 0 radical (unpaired) electrons. The number of nitrogens with one attached hydrogen (secondary N) is 1. The van der Waals surface area contributed by atoms with Crippen molar-refractivity contribution in [3.8, 4) is 5.75 Å². The lowest BCUT2D eigenvalue weighted by Gasteiger charge is -2.19. The van der Waals surface area contributed by atoms with Crippen molar-refractivity contribution in [3.05, 3.63) is 24.0 Å². The molecular formula is C15H23N3O2. The number of nitrogens with zero attached hydrogens (tertiary/aromatic N) is 2. The van der Waals surface area contributed by atoms with Crippen molar-refractivity contribution in [2.45, 2.75) is 45.7 Å². The lowest BCUT2D eigenvalue weighted by Crippen LogP contribution is -2.42. The molecular weight excluding hydrogens is 254 g/mol. The molecule has 20 heavy (non-hydrogen) atoms. The van der Waals surface area contributed by atoms with Crippen LogP contribution in [0.4, 0.5) is 4.79 Å². The highest BCUT2D eigenvalue weighted by Gasteiger charge is 2.16. The van der Waals surface area contributed by atoms with Gasteiger partial charge in [-0.1, -0.05) is 0 Å². The Hall–Kier alpha value is -1.62. The van der Waals surface area contributed by atoms with Crippen molar-refractivity contribution in [1.29, 1.82) is 0 Å². The van der Waals surface area contributed by atoms with Gasteiger partial charge < -0.3 is 10.1 Å². The minimum Gasteiger partial charge on any atom is -0.409 e. The Morgan fingerprint density at radius 2 is 2.05 bits per heavy atom. The van der Waals surface area contributed by atoms with E-state index in [0.29, 0.717) is 5.75 Å². The highest BCUT2D eigenvalue weighted by atomic mass is 16.6. The van der Waals surface area contributed by atoms with E-state index in [0.717, 1.165) is 25.3 Å². The van der Waals surface area contributed by atoms with Crippen LogP contribution in [-0.4, -0.2) is 34.6 Å². The average molecular weight is 277 g/mol. The van der Waals surface area contributed by atoms with Crippen molar-refractivity contribution < 1.29 is 9.53 Å². The number of hydrogen-bond donors (Lipinski definition) is 1. The van der Waals surface area contributed by atoms with Gasteiger partial charge in [0.1, 0.15) is 0 Å². The maximum atomic E-state index is 11.6. The Morgan fingerprint density at radius 3 is 2.60 bits per heavy atom. The number of hydrogen-bond acceptors (Lipinski definition) is 4. The molecule has 1 fully saturated rings. The molecule has 5 nitrogen and oxygen atoms in total. The minimum atomic E-state index is -0.452. The highest BCUT2D eigenvalue weighted by molar-refractivity contribution is 5.70. The van der Waals surface area contributed by atoms with Gasteiger partial charge in [-0.15, -0.1) is 0 Å². The lowest BCUT2D eigenvalue weighted by atomic mass is 10.1. The zero-order chi connectivity index (χ0) is 14.6. The van der Waals surface area contributed by atoms with E-state index in [-0.39, 0.29) is 5.54 Å². The van der Waals surface area contributed by atoms with Crippen LogP contribution < -0.4 is 10.1 Å². The average Bonchev–Trinajstić information content (AvgIpc) is 2.82. The summed E-state index contributed by atoms with van der Waals surface area (Å²) in [5, 5.41) is 2.74. The van der Waals surface area contributed by atoms with Gasteiger partial charge >= 0.3 is 6.09 Å². The predicted octanol–water partition coefficient (Wildman–Crippen LogP) is 2.56. The first-order valence-electron chi connectivity index (χ1n) is 7.10. The molecule has 1 aromatic heterocycles. The molecule has 5 heteroatoms. The number of pyridine rings is 1. The number of likely N-dealkylation sites (tertiary alicyclic amines) is 1. The summed E-state index contributed by atoms with van der Waals surface area (Å²) in [6.45, 7) is 8.89. The van der Waals surface area contributed by atoms with E-state index < -0.39 is 6.09 Å². The largest absolute Gasteiger partial charge is 0.413 e. The fraction of sp³-hybridized carbons (Fsp3) is 0.600. The zero-order valence-electron chi connectivity index (χ0n) is 12.5. The minimum absolute atomic E-state index is 0.305. The smallest absolute Gasteiger partial charge is 0.409 e. The van der Waals surface area contributed by atoms with Crippen LogP contribution in [0.25, 0.3) is 0 Å². The monoisotopic (exact) mass is 277 g/mol. The summed E-state index contributed by atoms with van der Waals surface area (Å²) < 4.78 is 5.19. The second-order valence-electron chi connectivity index (χ2n) is 6.23. The summed E-state index contributed by atoms with van der Waals surface area (Å²) in [4.78, 5) is 18.4. The number of carbonyl (C=O) groups excluding carboxylic acids is 1. The molecule has 1 aliphatic rings. The fourth-order valence-corrected chi connectivity index (χ4v) is 2.17. The van der Waals surface area contributed by atoms with E-state index in [2.05, 4.69) is 15.2 Å². The van der Waals surface area contributed by atoms with Crippen LogP contribution in [0, 0.1) is 0 Å². The van der Waals surface area contributed by atoms with Crippen LogP contribution in [-0.2, 0) is 6.54 Å². The second-order valence-corrected chi connectivity index (χ2v) is 6.23. The van der Waals surface area contributed by atoms with Crippen molar-refractivity contribution in [2.75, 3.05) is 13.1 Å². The first-order valence-corrected chi connectivity index (χ1v) is 7.10. The van der Waals surface area contributed by atoms with Crippen LogP contribution >= 0.6 is 0 Å². The highest BCUT2D eigenvalue weighted by Crippen LogP contribution is 2.14. The zero-order valence-corrected chi connectivity index (χ0v) is 12.5. The number of amides is 1. The molecule has 0 atom stereocenters. The number of aromatic nitrogens is 1. The topological polar surface area (TPSA) is 54.5 Å². The predicted molar refractivity (Wildman–Crippen MR) is 77.7 cm³/mol. The molecule has 1 N–H and O–H groups in total. The van der Waals surface area contributed by atoms with Gasteiger partial charge in [-0.05, 0) is 58.8 Å². The van der Waals surface area contributed by atoms with Gasteiger partial charge in [-0.3, -0.25) is 9.88 Å². The third kappa shape index (κ3) is 4.81. The molecule has 0 aliphatic carbocycles. The third-order valence-electron chi connectivity index (χ3n) is 3.07. The number of carbonyl (C=O) groups is 1. The van der Waals surface area contributed by atoms with E-state index in [4.69, 9.17) is 4.74 Å². The normalized spacial score (nSPS) is 16.1. The fourth-order valence-electron chi connectivity index (χ4n) is 2.17. The second kappa shape index (κ2) is 6.22. The van der Waals surface area contributed by atoms with Gasteiger partial charge in [0.2, 0.25) is 0 Å². The van der Waals surface area contributed by atoms with Gasteiger partial charge in [0.15, 0.2) is 5.75 Å². The molecule has 0 saturated carbocycles. The van der Waals surface area contributed by atoms with Gasteiger partial charge in [0.05, 0.1) is 11.9 Å². The van der Waals surface area contributed by atoms with Crippen LogP contribution in [0.3, 0.4) is 0 Å². The van der Waals surface area contributed by atoms with Gasteiger partial charge in [0, 0.05) is 12.1 Å². The molecule has 0 aromatic carbocycles. The number of ether oxygens (including phenoxy) is 1. The summed E-state index contributed by atoms with van der Waals surface area (Å²) in [7, 11) is 0. The molecule has 1 aliphatic heterocycles. The molecule has 1 amide bonds. The van der Waals surface area contributed by atoms with Crippen molar-refractivity contribution >= 4 is 6.09 Å². The van der Waals surface area contributed by atoms with Crippen LogP contribution in [0.1, 0.15) is 39.3 Å². The van der Waals surface area contributed by atoms with Crippen molar-refractivity contribution in [3.63, 3.8) is 0 Å². The SMILES string of the molecule is CC(C)(C)NC(=O)Oc1ccc(CN2CCCC2)nc1. The molecule has 1 saturated heterocycles. The standard InChI is InChI=1S/C15H23N3O2/c1-15(2,3)17-14(19)20-13-7-6-12(16-10-13)11-18-8-4-5-9-18/h6-7,10H,4-5,8-9,11H2,1-3H3,(H,17,19). The number of rotatable bonds is 3. The summed E-state index contributed by atoms with van der Waals surface area (Å²) in [5.41, 5.74) is 0.704. The quantitative estimate of drug-likeness (QED) is 0.922. The maximum absolute atomic E-state index is 11.6. The molecule has 2 heterocycles. The van der Waals surface area contributed by atoms with Crippen molar-refractivity contribution in [2.24, 2.45) is 0 Å². The van der Waals surface area contributed by atoms with E-state index in [1.807, 2.05) is 26.8 Å². The van der Waals surface area contributed by atoms with E-state index in [1.54, 1.807) is 12.3 Å². The molecule has 0 unspecified atom stereocenters. The third-order valence-corrected chi connectivity index (χ3v) is 3.07. The molecule has 2 rings (SSSR count). The first-order chi connectivity index (χ1) is 9.42. The van der Waals surface area contributed by atoms with Crippen LogP contribution in [0.15, 0.2) is 18.3 Å². The summed E-state index contributed by atoms with van der Waals surface area (Å²) >= 11 is 0. The van der Waals surface area contributed by atoms with Gasteiger partial charge in [0.25, 0.3) is 0 Å². The van der Waals surface area contributed by atoms with Crippen LogP contribution in [0.5, 0.6) is 5.75 Å². The van der Waals surface area contributed by atoms with E-state index in [9.17, 15) is 4.79 Å². The van der Waals surface area contributed by atoms with Gasteiger partial charge in [-0.2, -0.15) is 0 Å². The Morgan fingerprint density at radius 1 is 1.35 bits per heavy atom. The molecule has 110 valence electrons. The van der Waals surface area contributed by atoms with E-state index >= 15 is 0 Å². The first kappa shape index (κ1) is 14.8. The molecule has 0 bridgehead atoms. The molecule has 0 spiro atoms. The maximum Gasteiger partial charge on any atom is 0.413 e. The van der Waals surface area contributed by atoms with Crippen LogP contribution in [0.2, 0.25) is 0 Å². The lowest BCUT2D eigenvalue weighted by molar-refractivity contribution is 0.190. The molecule has 1 aromatic rings.